The highest BCUT2D eigenvalue weighted by molar-refractivity contribution is 5.32. The number of benzene rings is 1. The number of hydrogen-bond acceptors (Lipinski definition) is 3. The van der Waals surface area contributed by atoms with Crippen molar-refractivity contribution in [2.45, 2.75) is 33.2 Å². The van der Waals surface area contributed by atoms with Crippen molar-refractivity contribution < 1.29 is 18.7 Å². The minimum absolute atomic E-state index is 0.250. The zero-order valence-electron chi connectivity index (χ0n) is 11.8. The van der Waals surface area contributed by atoms with E-state index < -0.39 is 11.6 Å². The Bertz CT molecular complexity index is 387. The Labute approximate surface area is 118 Å². The SMILES string of the molecule is CC(C)CCCNNCc1cccc(F)c1F.O=CO. The third-order valence-electron chi connectivity index (χ3n) is 2.52. The summed E-state index contributed by atoms with van der Waals surface area (Å²) in [5.41, 5.74) is 6.22. The van der Waals surface area contributed by atoms with Gasteiger partial charge in [-0.25, -0.2) is 8.78 Å². The fourth-order valence-corrected chi connectivity index (χ4v) is 1.53. The maximum atomic E-state index is 13.2. The van der Waals surface area contributed by atoms with Crippen LogP contribution in [-0.4, -0.2) is 18.1 Å². The van der Waals surface area contributed by atoms with Crippen molar-refractivity contribution >= 4 is 6.47 Å². The molecule has 0 radical (unpaired) electrons. The monoisotopic (exact) mass is 288 g/mol. The van der Waals surface area contributed by atoms with Crippen molar-refractivity contribution in [2.24, 2.45) is 5.92 Å². The molecule has 20 heavy (non-hydrogen) atoms. The van der Waals surface area contributed by atoms with E-state index in [4.69, 9.17) is 9.90 Å². The minimum atomic E-state index is -0.802. The highest BCUT2D eigenvalue weighted by Crippen LogP contribution is 2.10. The van der Waals surface area contributed by atoms with Crippen LogP contribution in [0.3, 0.4) is 0 Å². The average Bonchev–Trinajstić information content (AvgIpc) is 2.39. The van der Waals surface area contributed by atoms with Crippen molar-refractivity contribution in [3.05, 3.63) is 35.4 Å². The molecular formula is C14H22F2N2O2. The maximum Gasteiger partial charge on any atom is 0.290 e. The first-order valence-electron chi connectivity index (χ1n) is 6.49. The molecule has 6 heteroatoms. The second-order valence-corrected chi connectivity index (χ2v) is 4.63. The first kappa shape index (κ1) is 18.5. The Kier molecular flexibility index (Phi) is 10.4. The van der Waals surface area contributed by atoms with Gasteiger partial charge in [0, 0.05) is 18.7 Å². The van der Waals surface area contributed by atoms with Gasteiger partial charge in [0.05, 0.1) is 0 Å². The normalized spacial score (nSPS) is 10.1. The van der Waals surface area contributed by atoms with Gasteiger partial charge in [-0.15, -0.1) is 0 Å². The first-order chi connectivity index (χ1) is 9.52. The molecule has 0 heterocycles. The van der Waals surface area contributed by atoms with Crippen LogP contribution in [0.5, 0.6) is 0 Å². The van der Waals surface area contributed by atoms with E-state index in [0.29, 0.717) is 11.5 Å². The van der Waals surface area contributed by atoms with E-state index in [1.807, 2.05) is 0 Å². The molecule has 0 saturated heterocycles. The van der Waals surface area contributed by atoms with Crippen LogP contribution in [0.4, 0.5) is 8.78 Å². The Morgan fingerprint density at radius 2 is 1.95 bits per heavy atom. The molecule has 1 rings (SSSR count). The second-order valence-electron chi connectivity index (χ2n) is 4.63. The minimum Gasteiger partial charge on any atom is -0.483 e. The Morgan fingerprint density at radius 3 is 2.55 bits per heavy atom. The summed E-state index contributed by atoms with van der Waals surface area (Å²) in [6.45, 7) is 5.21. The molecule has 114 valence electrons. The molecule has 0 aliphatic heterocycles. The fraction of sp³-hybridized carbons (Fsp3) is 0.500. The van der Waals surface area contributed by atoms with Gasteiger partial charge in [0.15, 0.2) is 11.6 Å². The number of hydrogen-bond donors (Lipinski definition) is 3. The lowest BCUT2D eigenvalue weighted by molar-refractivity contribution is -0.122. The molecule has 0 aromatic heterocycles. The highest BCUT2D eigenvalue weighted by atomic mass is 19.2. The van der Waals surface area contributed by atoms with Crippen LogP contribution in [0.15, 0.2) is 18.2 Å². The molecule has 0 bridgehead atoms. The summed E-state index contributed by atoms with van der Waals surface area (Å²) in [5, 5.41) is 6.89. The lowest BCUT2D eigenvalue weighted by Crippen LogP contribution is -2.32. The van der Waals surface area contributed by atoms with Crippen LogP contribution in [0.25, 0.3) is 0 Å². The standard InChI is InChI=1S/C13H20F2N2.CH2O2/c1-10(2)5-4-8-16-17-9-11-6-3-7-12(14)13(11)15;2-1-3/h3,6-7,10,16-17H,4-5,8-9H2,1-2H3;1H,(H,2,3). The predicted molar refractivity (Wildman–Crippen MR) is 74.0 cm³/mol. The van der Waals surface area contributed by atoms with Crippen LogP contribution in [0.1, 0.15) is 32.3 Å². The van der Waals surface area contributed by atoms with Gasteiger partial charge in [0.2, 0.25) is 0 Å². The van der Waals surface area contributed by atoms with E-state index in [-0.39, 0.29) is 13.0 Å². The Hall–Kier alpha value is -1.53. The van der Waals surface area contributed by atoms with Gasteiger partial charge >= 0.3 is 0 Å². The molecule has 1 aromatic carbocycles. The number of carbonyl (C=O) groups is 1. The summed E-state index contributed by atoms with van der Waals surface area (Å²) in [6, 6.07) is 4.20. The van der Waals surface area contributed by atoms with Crippen molar-refractivity contribution in [1.29, 1.82) is 0 Å². The van der Waals surface area contributed by atoms with E-state index >= 15 is 0 Å². The molecule has 0 unspecified atom stereocenters. The smallest absolute Gasteiger partial charge is 0.290 e. The van der Waals surface area contributed by atoms with Gasteiger partial charge < -0.3 is 5.11 Å². The first-order valence-corrected chi connectivity index (χ1v) is 6.49. The molecule has 0 spiro atoms. The highest BCUT2D eigenvalue weighted by Gasteiger charge is 2.06. The summed E-state index contributed by atoms with van der Waals surface area (Å²) in [6.07, 6.45) is 2.22. The average molecular weight is 288 g/mol. The van der Waals surface area contributed by atoms with Crippen LogP contribution in [0, 0.1) is 17.6 Å². The number of carboxylic acid groups (broad SMARTS) is 1. The van der Waals surface area contributed by atoms with Gasteiger partial charge in [-0.1, -0.05) is 26.0 Å². The lowest BCUT2D eigenvalue weighted by Gasteiger charge is -2.09. The van der Waals surface area contributed by atoms with E-state index in [1.54, 1.807) is 6.07 Å². The number of halogens is 2. The number of nitrogens with one attached hydrogen (secondary N) is 2. The predicted octanol–water partition coefficient (Wildman–Crippen LogP) is 2.70. The van der Waals surface area contributed by atoms with Crippen LogP contribution >= 0.6 is 0 Å². The summed E-state index contributed by atoms with van der Waals surface area (Å²) in [7, 11) is 0. The zero-order valence-corrected chi connectivity index (χ0v) is 11.8. The third-order valence-corrected chi connectivity index (χ3v) is 2.52. The van der Waals surface area contributed by atoms with Gasteiger partial charge in [-0.05, 0) is 24.8 Å². The molecule has 3 N–H and O–H groups in total. The molecule has 0 atom stereocenters. The lowest BCUT2D eigenvalue weighted by atomic mass is 10.1. The van der Waals surface area contributed by atoms with Gasteiger partial charge in [-0.3, -0.25) is 15.6 Å². The molecule has 0 fully saturated rings. The van der Waals surface area contributed by atoms with Crippen molar-refractivity contribution in [3.63, 3.8) is 0 Å². The molecule has 0 saturated carbocycles. The third kappa shape index (κ3) is 8.55. The van der Waals surface area contributed by atoms with Crippen molar-refractivity contribution in [2.75, 3.05) is 6.54 Å². The summed E-state index contributed by atoms with van der Waals surface area (Å²) < 4.78 is 26.1. The van der Waals surface area contributed by atoms with Crippen LogP contribution in [0.2, 0.25) is 0 Å². The largest absolute Gasteiger partial charge is 0.483 e. The zero-order chi connectivity index (χ0) is 15.4. The summed E-state index contributed by atoms with van der Waals surface area (Å²) >= 11 is 0. The molecule has 0 amide bonds. The van der Waals surface area contributed by atoms with Gasteiger partial charge in [0.25, 0.3) is 6.47 Å². The van der Waals surface area contributed by atoms with E-state index in [9.17, 15) is 8.78 Å². The molecule has 0 aliphatic carbocycles. The molecular weight excluding hydrogens is 266 g/mol. The van der Waals surface area contributed by atoms with Gasteiger partial charge in [0.1, 0.15) is 0 Å². The molecule has 0 aliphatic rings. The Morgan fingerprint density at radius 1 is 1.30 bits per heavy atom. The molecule has 1 aromatic rings. The summed E-state index contributed by atoms with van der Waals surface area (Å²) in [4.78, 5) is 8.36. The summed E-state index contributed by atoms with van der Waals surface area (Å²) in [5.74, 6) is -0.884. The van der Waals surface area contributed by atoms with E-state index in [2.05, 4.69) is 24.7 Å². The van der Waals surface area contributed by atoms with E-state index in [0.717, 1.165) is 25.5 Å². The topological polar surface area (TPSA) is 61.4 Å². The second kappa shape index (κ2) is 11.3. The quantitative estimate of drug-likeness (QED) is 0.410. The maximum absolute atomic E-state index is 13.2. The van der Waals surface area contributed by atoms with Crippen molar-refractivity contribution in [1.82, 2.24) is 10.9 Å². The number of hydrazine groups is 1. The van der Waals surface area contributed by atoms with E-state index in [1.165, 1.54) is 6.07 Å². The van der Waals surface area contributed by atoms with Crippen molar-refractivity contribution in [3.8, 4) is 0 Å². The van der Waals surface area contributed by atoms with Crippen LogP contribution < -0.4 is 10.9 Å². The molecule has 4 nitrogen and oxygen atoms in total. The number of rotatable bonds is 7. The fourth-order valence-electron chi connectivity index (χ4n) is 1.53. The van der Waals surface area contributed by atoms with Gasteiger partial charge in [-0.2, -0.15) is 0 Å². The Balaban J connectivity index is 0.00000110. The van der Waals surface area contributed by atoms with Crippen LogP contribution in [-0.2, 0) is 11.3 Å².